The lowest BCUT2D eigenvalue weighted by molar-refractivity contribution is 0.0621. The van der Waals surface area contributed by atoms with Crippen LogP contribution in [0.5, 0.6) is 0 Å². The maximum atomic E-state index is 11.9. The number of nitrogens with zero attached hydrogens (tertiary/aromatic N) is 1. The van der Waals surface area contributed by atoms with Crippen LogP contribution in [0.15, 0.2) is 17.5 Å². The van der Waals surface area contributed by atoms with Crippen molar-refractivity contribution in [2.45, 2.75) is 19.3 Å². The van der Waals surface area contributed by atoms with Crippen molar-refractivity contribution in [1.29, 1.82) is 0 Å². The molecule has 1 aromatic heterocycles. The Morgan fingerprint density at radius 2 is 2.33 bits per heavy atom. The predicted octanol–water partition coefficient (Wildman–Crippen LogP) is 3.03. The molecule has 2 rings (SSSR count). The van der Waals surface area contributed by atoms with Crippen molar-refractivity contribution in [3.63, 3.8) is 0 Å². The van der Waals surface area contributed by atoms with E-state index in [-0.39, 0.29) is 6.03 Å². The quantitative estimate of drug-likeness (QED) is 0.912. The van der Waals surface area contributed by atoms with Crippen molar-refractivity contribution in [2.24, 2.45) is 5.92 Å². The Balaban J connectivity index is 1.70. The number of urea groups is 1. The van der Waals surface area contributed by atoms with Crippen molar-refractivity contribution in [1.82, 2.24) is 4.90 Å². The Bertz CT molecular complexity index is 361. The molecule has 1 aliphatic heterocycles. The number of carbonyl (C=O) groups is 1. The zero-order chi connectivity index (χ0) is 12.8. The van der Waals surface area contributed by atoms with E-state index in [1.807, 2.05) is 24.6 Å². The van der Waals surface area contributed by atoms with E-state index in [0.29, 0.717) is 5.92 Å². The van der Waals surface area contributed by atoms with Gasteiger partial charge in [-0.3, -0.25) is 5.32 Å². The molecule has 0 saturated carbocycles. The number of rotatable bonds is 4. The summed E-state index contributed by atoms with van der Waals surface area (Å²) in [6.45, 7) is 2.55. The first-order valence-corrected chi connectivity index (χ1v) is 7.27. The smallest absolute Gasteiger partial charge is 0.322 e. The molecule has 0 bridgehead atoms. The van der Waals surface area contributed by atoms with Gasteiger partial charge in [0, 0.05) is 26.8 Å². The SMILES string of the molecule is CN(CCC1CCOCC1)C(=O)Nc1cccs1. The highest BCUT2D eigenvalue weighted by atomic mass is 32.1. The lowest BCUT2D eigenvalue weighted by atomic mass is 9.96. The van der Waals surface area contributed by atoms with E-state index in [0.717, 1.165) is 44.0 Å². The Kier molecular flexibility index (Phi) is 5.01. The van der Waals surface area contributed by atoms with Gasteiger partial charge >= 0.3 is 6.03 Å². The van der Waals surface area contributed by atoms with Crippen LogP contribution in [0.1, 0.15) is 19.3 Å². The van der Waals surface area contributed by atoms with E-state index in [1.165, 1.54) is 11.3 Å². The highest BCUT2D eigenvalue weighted by molar-refractivity contribution is 7.14. The van der Waals surface area contributed by atoms with Crippen molar-refractivity contribution >= 4 is 22.4 Å². The van der Waals surface area contributed by atoms with Crippen LogP contribution in [0.4, 0.5) is 9.80 Å². The van der Waals surface area contributed by atoms with Gasteiger partial charge in [0.2, 0.25) is 0 Å². The van der Waals surface area contributed by atoms with Gasteiger partial charge in [-0.05, 0) is 42.7 Å². The second-order valence-corrected chi connectivity index (χ2v) is 5.62. The second-order valence-electron chi connectivity index (χ2n) is 4.67. The zero-order valence-electron chi connectivity index (χ0n) is 10.7. The monoisotopic (exact) mass is 268 g/mol. The number of anilines is 1. The summed E-state index contributed by atoms with van der Waals surface area (Å²) in [6, 6.07) is 3.82. The normalized spacial score (nSPS) is 16.5. The summed E-state index contributed by atoms with van der Waals surface area (Å²) in [5.74, 6) is 0.704. The molecule has 1 fully saturated rings. The molecule has 4 nitrogen and oxygen atoms in total. The van der Waals surface area contributed by atoms with Crippen molar-refractivity contribution in [3.05, 3.63) is 17.5 Å². The van der Waals surface area contributed by atoms with E-state index < -0.39 is 0 Å². The van der Waals surface area contributed by atoms with Gasteiger partial charge in [0.05, 0.1) is 5.00 Å². The Labute approximate surface area is 112 Å². The number of ether oxygens (including phenoxy) is 1. The fourth-order valence-corrected chi connectivity index (χ4v) is 2.67. The summed E-state index contributed by atoms with van der Waals surface area (Å²) >= 11 is 1.54. The van der Waals surface area contributed by atoms with Crippen LogP contribution in [-0.2, 0) is 4.74 Å². The van der Waals surface area contributed by atoms with Gasteiger partial charge in [-0.1, -0.05) is 0 Å². The average molecular weight is 268 g/mol. The molecule has 0 unspecified atom stereocenters. The van der Waals surface area contributed by atoms with E-state index >= 15 is 0 Å². The highest BCUT2D eigenvalue weighted by Gasteiger charge is 2.16. The van der Waals surface area contributed by atoms with Gasteiger partial charge in [-0.25, -0.2) is 4.79 Å². The molecule has 100 valence electrons. The fourth-order valence-electron chi connectivity index (χ4n) is 2.06. The zero-order valence-corrected chi connectivity index (χ0v) is 11.5. The van der Waals surface area contributed by atoms with Gasteiger partial charge in [-0.2, -0.15) is 0 Å². The Morgan fingerprint density at radius 3 is 3.00 bits per heavy atom. The minimum absolute atomic E-state index is 0.0236. The second kappa shape index (κ2) is 6.75. The highest BCUT2D eigenvalue weighted by Crippen LogP contribution is 2.19. The molecule has 0 atom stereocenters. The molecule has 0 aromatic carbocycles. The minimum Gasteiger partial charge on any atom is -0.381 e. The predicted molar refractivity (Wildman–Crippen MR) is 74.1 cm³/mol. The van der Waals surface area contributed by atoms with Gasteiger partial charge in [0.15, 0.2) is 0 Å². The summed E-state index contributed by atoms with van der Waals surface area (Å²) in [5.41, 5.74) is 0. The summed E-state index contributed by atoms with van der Waals surface area (Å²) in [4.78, 5) is 13.6. The largest absolute Gasteiger partial charge is 0.381 e. The van der Waals surface area contributed by atoms with Crippen molar-refractivity contribution in [2.75, 3.05) is 32.1 Å². The van der Waals surface area contributed by atoms with Crippen molar-refractivity contribution < 1.29 is 9.53 Å². The van der Waals surface area contributed by atoms with Crippen LogP contribution in [0.2, 0.25) is 0 Å². The van der Waals surface area contributed by atoms with Crippen LogP contribution < -0.4 is 5.32 Å². The lowest BCUT2D eigenvalue weighted by Gasteiger charge is -2.24. The molecule has 18 heavy (non-hydrogen) atoms. The third kappa shape index (κ3) is 3.99. The molecule has 0 radical (unpaired) electrons. The third-order valence-electron chi connectivity index (χ3n) is 3.31. The molecule has 1 aromatic rings. The van der Waals surface area contributed by atoms with Gasteiger partial charge in [-0.15, -0.1) is 11.3 Å². The third-order valence-corrected chi connectivity index (χ3v) is 4.10. The summed E-state index contributed by atoms with van der Waals surface area (Å²) in [6.07, 6.45) is 3.32. The van der Waals surface area contributed by atoms with E-state index in [1.54, 1.807) is 4.90 Å². The number of carbonyl (C=O) groups excluding carboxylic acids is 1. The molecular formula is C13H20N2O2S. The fraction of sp³-hybridized carbons (Fsp3) is 0.615. The first-order chi connectivity index (χ1) is 8.75. The Hall–Kier alpha value is -1.07. The molecule has 2 amide bonds. The maximum Gasteiger partial charge on any atom is 0.322 e. The molecule has 0 spiro atoms. The van der Waals surface area contributed by atoms with Crippen LogP contribution in [0, 0.1) is 5.92 Å². The molecule has 1 saturated heterocycles. The van der Waals surface area contributed by atoms with Crippen molar-refractivity contribution in [3.8, 4) is 0 Å². The molecule has 0 aliphatic carbocycles. The van der Waals surface area contributed by atoms with E-state index in [2.05, 4.69) is 5.32 Å². The topological polar surface area (TPSA) is 41.6 Å². The van der Waals surface area contributed by atoms with Gasteiger partial charge in [0.1, 0.15) is 0 Å². The molecule has 5 heteroatoms. The first-order valence-electron chi connectivity index (χ1n) is 6.39. The summed E-state index contributed by atoms with van der Waals surface area (Å²) in [5, 5.41) is 5.75. The number of nitrogens with one attached hydrogen (secondary N) is 1. The lowest BCUT2D eigenvalue weighted by Crippen LogP contribution is -2.33. The van der Waals surface area contributed by atoms with Crippen LogP contribution in [-0.4, -0.2) is 37.7 Å². The van der Waals surface area contributed by atoms with Gasteiger partial charge in [0.25, 0.3) is 0 Å². The number of hydrogen-bond acceptors (Lipinski definition) is 3. The molecule has 2 heterocycles. The Morgan fingerprint density at radius 1 is 1.56 bits per heavy atom. The number of hydrogen-bond donors (Lipinski definition) is 1. The van der Waals surface area contributed by atoms with E-state index in [4.69, 9.17) is 4.74 Å². The molecule has 1 N–H and O–H groups in total. The van der Waals surface area contributed by atoms with Crippen LogP contribution in [0.3, 0.4) is 0 Å². The number of thiophene rings is 1. The maximum absolute atomic E-state index is 11.9. The minimum atomic E-state index is -0.0236. The summed E-state index contributed by atoms with van der Waals surface area (Å²) in [7, 11) is 1.85. The van der Waals surface area contributed by atoms with E-state index in [9.17, 15) is 4.79 Å². The standard InChI is InChI=1S/C13H20N2O2S/c1-15(7-4-11-5-8-17-9-6-11)13(16)14-12-3-2-10-18-12/h2-3,10-11H,4-9H2,1H3,(H,14,16). The summed E-state index contributed by atoms with van der Waals surface area (Å²) < 4.78 is 5.33. The molecule has 1 aliphatic rings. The van der Waals surface area contributed by atoms with Gasteiger partial charge < -0.3 is 9.64 Å². The van der Waals surface area contributed by atoms with Crippen LogP contribution >= 0.6 is 11.3 Å². The first kappa shape index (κ1) is 13.4. The van der Waals surface area contributed by atoms with Crippen LogP contribution in [0.25, 0.3) is 0 Å². The molecular weight excluding hydrogens is 248 g/mol. The average Bonchev–Trinajstić information content (AvgIpc) is 2.90. The number of amides is 2.